The zero-order chi connectivity index (χ0) is 14.0. The first-order valence-electron chi connectivity index (χ1n) is 6.88. The average molecular weight is 261 g/mol. The van der Waals surface area contributed by atoms with Crippen LogP contribution >= 0.6 is 0 Å². The molecule has 0 radical (unpaired) electrons. The number of anilines is 2. The van der Waals surface area contributed by atoms with Crippen molar-refractivity contribution >= 4 is 17.3 Å². The highest BCUT2D eigenvalue weighted by Gasteiger charge is 2.28. The first-order chi connectivity index (χ1) is 9.00. The van der Waals surface area contributed by atoms with Gasteiger partial charge < -0.3 is 15.5 Å². The SMILES string of the molecule is CC(C)C[C@@H](N)C(=O)N1CCN(C)c2ccccc21. The molecule has 1 aromatic carbocycles. The number of nitrogens with two attached hydrogens (primary N) is 1. The third kappa shape index (κ3) is 2.89. The number of carbonyl (C=O) groups is 1. The zero-order valence-corrected chi connectivity index (χ0v) is 12.0. The Morgan fingerprint density at radius 3 is 2.53 bits per heavy atom. The summed E-state index contributed by atoms with van der Waals surface area (Å²) in [7, 11) is 2.05. The lowest BCUT2D eigenvalue weighted by Crippen LogP contribution is -2.49. The Hall–Kier alpha value is -1.55. The highest BCUT2D eigenvalue weighted by molar-refractivity contribution is 6.00. The monoisotopic (exact) mass is 261 g/mol. The Bertz CT molecular complexity index is 458. The molecule has 1 atom stereocenters. The van der Waals surface area contributed by atoms with Crippen molar-refractivity contribution in [3.8, 4) is 0 Å². The van der Waals surface area contributed by atoms with E-state index in [0.29, 0.717) is 12.5 Å². The Balaban J connectivity index is 2.22. The van der Waals surface area contributed by atoms with Gasteiger partial charge in [0, 0.05) is 20.1 Å². The van der Waals surface area contributed by atoms with Crippen LogP contribution in [0.2, 0.25) is 0 Å². The highest BCUT2D eigenvalue weighted by atomic mass is 16.2. The molecule has 2 N–H and O–H groups in total. The van der Waals surface area contributed by atoms with E-state index in [4.69, 9.17) is 5.73 Å². The summed E-state index contributed by atoms with van der Waals surface area (Å²) in [5, 5.41) is 0. The number of rotatable bonds is 3. The van der Waals surface area contributed by atoms with Crippen molar-refractivity contribution < 1.29 is 4.79 Å². The quantitative estimate of drug-likeness (QED) is 0.903. The molecule has 0 aromatic heterocycles. The second-order valence-electron chi connectivity index (χ2n) is 5.64. The lowest BCUT2D eigenvalue weighted by Gasteiger charge is -2.36. The van der Waals surface area contributed by atoms with Crippen molar-refractivity contribution in [2.24, 2.45) is 11.7 Å². The summed E-state index contributed by atoms with van der Waals surface area (Å²) in [5.74, 6) is 0.468. The second kappa shape index (κ2) is 5.61. The summed E-state index contributed by atoms with van der Waals surface area (Å²) in [6, 6.07) is 7.59. The first kappa shape index (κ1) is 13.9. The van der Waals surface area contributed by atoms with Gasteiger partial charge in [-0.3, -0.25) is 4.79 Å². The molecule has 1 aromatic rings. The van der Waals surface area contributed by atoms with Crippen molar-refractivity contribution in [1.82, 2.24) is 0 Å². The first-order valence-corrected chi connectivity index (χ1v) is 6.88. The van der Waals surface area contributed by atoms with E-state index in [-0.39, 0.29) is 5.91 Å². The van der Waals surface area contributed by atoms with Gasteiger partial charge in [0.15, 0.2) is 0 Å². The van der Waals surface area contributed by atoms with Crippen LogP contribution in [0, 0.1) is 5.92 Å². The maximum atomic E-state index is 12.5. The summed E-state index contributed by atoms with van der Waals surface area (Å²) in [6.45, 7) is 5.73. The largest absolute Gasteiger partial charge is 0.371 e. The molecule has 4 heteroatoms. The Labute approximate surface area is 115 Å². The summed E-state index contributed by atoms with van der Waals surface area (Å²) in [5.41, 5.74) is 8.10. The molecule has 1 heterocycles. The van der Waals surface area contributed by atoms with Crippen LogP contribution in [0.15, 0.2) is 24.3 Å². The average Bonchev–Trinajstić information content (AvgIpc) is 2.38. The van der Waals surface area contributed by atoms with Gasteiger partial charge in [-0.1, -0.05) is 26.0 Å². The van der Waals surface area contributed by atoms with Gasteiger partial charge >= 0.3 is 0 Å². The van der Waals surface area contributed by atoms with Crippen LogP contribution in [0.3, 0.4) is 0 Å². The molecule has 0 saturated carbocycles. The molecule has 19 heavy (non-hydrogen) atoms. The number of likely N-dealkylation sites (N-methyl/N-ethyl adjacent to an activating group) is 1. The van der Waals surface area contributed by atoms with Gasteiger partial charge in [-0.05, 0) is 24.5 Å². The van der Waals surface area contributed by atoms with Crippen molar-refractivity contribution in [3.63, 3.8) is 0 Å². The molecule has 0 unspecified atom stereocenters. The Morgan fingerprint density at radius 1 is 1.26 bits per heavy atom. The predicted molar refractivity (Wildman–Crippen MR) is 79.5 cm³/mol. The number of para-hydroxylation sites is 2. The van der Waals surface area contributed by atoms with Crippen LogP contribution in [0.4, 0.5) is 11.4 Å². The minimum atomic E-state index is -0.406. The Morgan fingerprint density at radius 2 is 1.89 bits per heavy atom. The topological polar surface area (TPSA) is 49.6 Å². The van der Waals surface area contributed by atoms with Gasteiger partial charge in [0.2, 0.25) is 5.91 Å². The number of amides is 1. The predicted octanol–water partition coefficient (Wildman–Crippen LogP) is 1.84. The number of nitrogens with zero attached hydrogens (tertiary/aromatic N) is 2. The molecule has 2 rings (SSSR count). The molecule has 0 aliphatic carbocycles. The molecule has 0 fully saturated rings. The molecule has 0 saturated heterocycles. The number of benzene rings is 1. The number of fused-ring (bicyclic) bond motifs is 1. The molecule has 4 nitrogen and oxygen atoms in total. The Kier molecular flexibility index (Phi) is 4.10. The minimum Gasteiger partial charge on any atom is -0.371 e. The smallest absolute Gasteiger partial charge is 0.244 e. The van der Waals surface area contributed by atoms with Crippen LogP contribution in [0.5, 0.6) is 0 Å². The maximum absolute atomic E-state index is 12.5. The molecular formula is C15H23N3O. The van der Waals surface area contributed by atoms with Crippen molar-refractivity contribution in [1.29, 1.82) is 0 Å². The van der Waals surface area contributed by atoms with Gasteiger partial charge in [-0.25, -0.2) is 0 Å². The lowest BCUT2D eigenvalue weighted by molar-refractivity contribution is -0.120. The second-order valence-corrected chi connectivity index (χ2v) is 5.64. The number of hydrogen-bond acceptors (Lipinski definition) is 3. The van der Waals surface area contributed by atoms with Crippen LogP contribution in [0.25, 0.3) is 0 Å². The van der Waals surface area contributed by atoms with E-state index in [1.54, 1.807) is 0 Å². The fraction of sp³-hybridized carbons (Fsp3) is 0.533. The third-order valence-electron chi connectivity index (χ3n) is 3.55. The van der Waals surface area contributed by atoms with Crippen molar-refractivity contribution in [2.45, 2.75) is 26.3 Å². The van der Waals surface area contributed by atoms with E-state index in [1.165, 1.54) is 0 Å². The summed E-state index contributed by atoms with van der Waals surface area (Å²) in [4.78, 5) is 16.5. The van der Waals surface area contributed by atoms with Crippen molar-refractivity contribution in [3.05, 3.63) is 24.3 Å². The molecule has 1 aliphatic rings. The number of carbonyl (C=O) groups excluding carboxylic acids is 1. The normalized spacial score (nSPS) is 16.5. The van der Waals surface area contributed by atoms with Gasteiger partial charge in [0.25, 0.3) is 0 Å². The third-order valence-corrected chi connectivity index (χ3v) is 3.55. The standard InChI is InChI=1S/C15H23N3O/c1-11(2)10-12(16)15(19)18-9-8-17(3)13-6-4-5-7-14(13)18/h4-7,11-12H,8-10,16H2,1-3H3/t12-/m1/s1. The van der Waals surface area contributed by atoms with Crippen molar-refractivity contribution in [2.75, 3.05) is 29.9 Å². The number of hydrogen-bond donors (Lipinski definition) is 1. The fourth-order valence-corrected chi connectivity index (χ4v) is 2.54. The van der Waals surface area contributed by atoms with Crippen LogP contribution < -0.4 is 15.5 Å². The molecular weight excluding hydrogens is 238 g/mol. The highest BCUT2D eigenvalue weighted by Crippen LogP contribution is 2.32. The van der Waals surface area contributed by atoms with Gasteiger partial charge in [0.1, 0.15) is 0 Å². The molecule has 1 aliphatic heterocycles. The summed E-state index contributed by atoms with van der Waals surface area (Å²) >= 11 is 0. The molecule has 0 bridgehead atoms. The van der Waals surface area contributed by atoms with E-state index < -0.39 is 6.04 Å². The van der Waals surface area contributed by atoms with Gasteiger partial charge in [-0.15, -0.1) is 0 Å². The minimum absolute atomic E-state index is 0.0363. The fourth-order valence-electron chi connectivity index (χ4n) is 2.54. The van der Waals surface area contributed by atoms with E-state index >= 15 is 0 Å². The van der Waals surface area contributed by atoms with E-state index in [9.17, 15) is 4.79 Å². The van der Waals surface area contributed by atoms with E-state index in [1.807, 2.05) is 29.2 Å². The van der Waals surface area contributed by atoms with Crippen LogP contribution in [0.1, 0.15) is 20.3 Å². The maximum Gasteiger partial charge on any atom is 0.244 e. The van der Waals surface area contributed by atoms with Crippen LogP contribution in [-0.2, 0) is 4.79 Å². The molecule has 1 amide bonds. The molecule has 0 spiro atoms. The van der Waals surface area contributed by atoms with E-state index in [0.717, 1.165) is 24.3 Å². The summed E-state index contributed by atoms with van der Waals surface area (Å²) < 4.78 is 0. The van der Waals surface area contributed by atoms with E-state index in [2.05, 4.69) is 25.8 Å². The summed E-state index contributed by atoms with van der Waals surface area (Å²) in [6.07, 6.45) is 0.730. The van der Waals surface area contributed by atoms with Crippen LogP contribution in [-0.4, -0.2) is 32.1 Å². The zero-order valence-electron chi connectivity index (χ0n) is 12.0. The molecule has 104 valence electrons. The van der Waals surface area contributed by atoms with Gasteiger partial charge in [-0.2, -0.15) is 0 Å². The van der Waals surface area contributed by atoms with Gasteiger partial charge in [0.05, 0.1) is 17.4 Å². The lowest BCUT2D eigenvalue weighted by atomic mass is 10.0.